The van der Waals surface area contributed by atoms with E-state index >= 15 is 0 Å². The Labute approximate surface area is 149 Å². The molecule has 3 N–H and O–H groups in total. The lowest BCUT2D eigenvalue weighted by molar-refractivity contribution is 0.101. The normalized spacial score (nSPS) is 18.0. The van der Waals surface area contributed by atoms with E-state index < -0.39 is 5.82 Å². The van der Waals surface area contributed by atoms with Gasteiger partial charge in [0.15, 0.2) is 5.78 Å². The lowest BCUT2D eigenvalue weighted by atomic mass is 10.1. The number of ketones is 1. The fraction of sp³-hybridized carbons (Fsp3) is 0.294. The van der Waals surface area contributed by atoms with Crippen molar-refractivity contribution in [3.05, 3.63) is 53.8 Å². The number of benzene rings is 1. The molecule has 2 rings (SSSR count). The molecule has 0 saturated heterocycles. The van der Waals surface area contributed by atoms with Gasteiger partial charge in [-0.3, -0.25) is 9.79 Å². The van der Waals surface area contributed by atoms with E-state index in [0.29, 0.717) is 28.8 Å². The summed E-state index contributed by atoms with van der Waals surface area (Å²) in [7, 11) is 0. The zero-order valence-electron chi connectivity index (χ0n) is 13.6. The second-order valence-corrected chi connectivity index (χ2v) is 6.04. The molecule has 5 nitrogen and oxygen atoms in total. The number of nitrogens with zero attached hydrogens (tertiary/aromatic N) is 2. The topological polar surface area (TPSA) is 70.7 Å². The quantitative estimate of drug-likeness (QED) is 0.573. The number of Topliss-reactive ketones (excluding diaryl/α,β-unsaturated/α-hetero) is 1. The smallest absolute Gasteiger partial charge is 0.162 e. The molecular formula is C17H20BrFN4O. The van der Waals surface area contributed by atoms with Gasteiger partial charge in [-0.1, -0.05) is 0 Å². The molecule has 0 saturated carbocycles. The molecule has 0 aromatic heterocycles. The third-order valence-corrected chi connectivity index (χ3v) is 4.41. The van der Waals surface area contributed by atoms with Gasteiger partial charge in [0.1, 0.15) is 16.6 Å². The van der Waals surface area contributed by atoms with Crippen LogP contribution in [0.25, 0.3) is 0 Å². The van der Waals surface area contributed by atoms with Crippen LogP contribution in [0.2, 0.25) is 0 Å². The van der Waals surface area contributed by atoms with Gasteiger partial charge in [0.25, 0.3) is 0 Å². The molecule has 0 fully saturated rings. The Morgan fingerprint density at radius 2 is 2.29 bits per heavy atom. The molecule has 0 amide bonds. The Hall–Kier alpha value is -2.15. The van der Waals surface area contributed by atoms with E-state index in [1.54, 1.807) is 12.3 Å². The summed E-state index contributed by atoms with van der Waals surface area (Å²) >= 11 is 3.43. The number of nitrogens with two attached hydrogens (primary N) is 1. The first-order valence-electron chi connectivity index (χ1n) is 7.60. The fourth-order valence-corrected chi connectivity index (χ4v) is 3.05. The third kappa shape index (κ3) is 4.03. The van der Waals surface area contributed by atoms with E-state index in [4.69, 9.17) is 5.73 Å². The van der Waals surface area contributed by atoms with Gasteiger partial charge in [-0.15, -0.1) is 0 Å². The Bertz CT molecular complexity index is 715. The van der Waals surface area contributed by atoms with Gasteiger partial charge in [-0.05, 0) is 54.2 Å². The number of nitrogens with one attached hydrogen (secondary N) is 1. The van der Waals surface area contributed by atoms with E-state index in [1.165, 1.54) is 25.3 Å². The molecule has 128 valence electrons. The first-order chi connectivity index (χ1) is 11.5. The molecule has 0 radical (unpaired) electrons. The summed E-state index contributed by atoms with van der Waals surface area (Å²) in [6.45, 7) is 4.01. The van der Waals surface area contributed by atoms with E-state index in [2.05, 4.69) is 26.2 Å². The standard InChI is InChI=1S/C17H20BrFN4O/c1-3-21-17(18)12(10-20)8-16-22-6-7-23(16)15-5-4-13(19)9-14(15)11(2)24/h4-7,9-10,16,22H,3,8,20H2,1-2H3. The number of hydrogen-bond acceptors (Lipinski definition) is 5. The second-order valence-electron chi connectivity index (χ2n) is 5.28. The van der Waals surface area contributed by atoms with Gasteiger partial charge in [0.05, 0.1) is 5.69 Å². The average Bonchev–Trinajstić information content (AvgIpc) is 3.00. The second kappa shape index (κ2) is 8.10. The first kappa shape index (κ1) is 18.2. The van der Waals surface area contributed by atoms with Gasteiger partial charge in [0, 0.05) is 36.5 Å². The minimum Gasteiger partial charge on any atom is -0.404 e. The molecule has 0 spiro atoms. The van der Waals surface area contributed by atoms with Crippen molar-refractivity contribution in [1.29, 1.82) is 0 Å². The van der Waals surface area contributed by atoms with Crippen LogP contribution in [0.1, 0.15) is 30.6 Å². The van der Waals surface area contributed by atoms with Crippen molar-refractivity contribution in [3.63, 3.8) is 0 Å². The highest BCUT2D eigenvalue weighted by Gasteiger charge is 2.25. The number of rotatable bonds is 6. The maximum atomic E-state index is 13.5. The van der Waals surface area contributed by atoms with E-state index in [9.17, 15) is 9.18 Å². The lowest BCUT2D eigenvalue weighted by Gasteiger charge is -2.28. The molecule has 1 unspecified atom stereocenters. The average molecular weight is 395 g/mol. The molecule has 1 aromatic carbocycles. The summed E-state index contributed by atoms with van der Waals surface area (Å²) in [5, 5.41) is 3.22. The summed E-state index contributed by atoms with van der Waals surface area (Å²) in [4.78, 5) is 18.1. The number of carbonyl (C=O) groups is 1. The van der Waals surface area contributed by atoms with Gasteiger partial charge in [-0.25, -0.2) is 4.39 Å². The largest absolute Gasteiger partial charge is 0.404 e. The number of hydrogen-bond donors (Lipinski definition) is 2. The van der Waals surface area contributed by atoms with Crippen molar-refractivity contribution in [1.82, 2.24) is 5.32 Å². The molecule has 0 bridgehead atoms. The predicted octanol–water partition coefficient (Wildman–Crippen LogP) is 3.28. The van der Waals surface area contributed by atoms with Crippen molar-refractivity contribution in [2.24, 2.45) is 10.7 Å². The highest BCUT2D eigenvalue weighted by atomic mass is 79.9. The molecule has 1 aliphatic rings. The van der Waals surface area contributed by atoms with Crippen molar-refractivity contribution in [2.45, 2.75) is 26.4 Å². The van der Waals surface area contributed by atoms with Crippen LogP contribution in [-0.4, -0.2) is 23.1 Å². The van der Waals surface area contributed by atoms with Crippen molar-refractivity contribution < 1.29 is 9.18 Å². The minimum atomic E-state index is -0.433. The van der Waals surface area contributed by atoms with Gasteiger partial charge >= 0.3 is 0 Å². The Morgan fingerprint density at radius 1 is 1.54 bits per heavy atom. The SMILES string of the molecule is CCN=C(Br)C(=CN)CC1NC=CN1c1ccc(F)cc1C(C)=O. The zero-order valence-corrected chi connectivity index (χ0v) is 15.2. The molecule has 1 heterocycles. The highest BCUT2D eigenvalue weighted by molar-refractivity contribution is 9.18. The summed E-state index contributed by atoms with van der Waals surface area (Å²) in [5.74, 6) is -0.621. The van der Waals surface area contributed by atoms with Gasteiger partial charge in [-0.2, -0.15) is 0 Å². The summed E-state index contributed by atoms with van der Waals surface area (Å²) in [5.41, 5.74) is 7.55. The van der Waals surface area contributed by atoms with Crippen LogP contribution in [0, 0.1) is 5.82 Å². The summed E-state index contributed by atoms with van der Waals surface area (Å²) < 4.78 is 14.2. The Balaban J connectivity index is 2.30. The number of carbonyl (C=O) groups excluding carboxylic acids is 1. The van der Waals surface area contributed by atoms with Crippen LogP contribution in [-0.2, 0) is 0 Å². The molecular weight excluding hydrogens is 375 g/mol. The fourth-order valence-electron chi connectivity index (χ4n) is 2.51. The number of halogens is 2. The minimum absolute atomic E-state index is 0.150. The van der Waals surface area contributed by atoms with Crippen LogP contribution < -0.4 is 16.0 Å². The van der Waals surface area contributed by atoms with Crippen LogP contribution in [0.5, 0.6) is 0 Å². The van der Waals surface area contributed by atoms with Gasteiger partial charge in [0.2, 0.25) is 0 Å². The summed E-state index contributed by atoms with van der Waals surface area (Å²) in [6, 6.07) is 4.21. The molecule has 0 aliphatic carbocycles. The first-order valence-corrected chi connectivity index (χ1v) is 8.39. The highest BCUT2D eigenvalue weighted by Crippen LogP contribution is 2.28. The van der Waals surface area contributed by atoms with E-state index in [-0.39, 0.29) is 11.9 Å². The van der Waals surface area contributed by atoms with Crippen molar-refractivity contribution in [3.8, 4) is 0 Å². The van der Waals surface area contributed by atoms with Crippen molar-refractivity contribution >= 4 is 32.0 Å². The number of aliphatic imine (C=N–C) groups is 1. The predicted molar refractivity (Wildman–Crippen MR) is 98.7 cm³/mol. The van der Waals surface area contributed by atoms with E-state index in [0.717, 1.165) is 5.57 Å². The van der Waals surface area contributed by atoms with Crippen LogP contribution in [0.4, 0.5) is 10.1 Å². The monoisotopic (exact) mass is 394 g/mol. The Kier molecular flexibility index (Phi) is 6.14. The molecule has 7 heteroatoms. The third-order valence-electron chi connectivity index (χ3n) is 3.65. The van der Waals surface area contributed by atoms with Crippen LogP contribution in [0.3, 0.4) is 0 Å². The maximum Gasteiger partial charge on any atom is 0.162 e. The number of anilines is 1. The maximum absolute atomic E-state index is 13.5. The molecule has 1 atom stereocenters. The van der Waals surface area contributed by atoms with Gasteiger partial charge < -0.3 is 16.0 Å². The molecule has 24 heavy (non-hydrogen) atoms. The van der Waals surface area contributed by atoms with Crippen LogP contribution in [0.15, 0.2) is 47.4 Å². The Morgan fingerprint density at radius 3 is 2.92 bits per heavy atom. The van der Waals surface area contributed by atoms with E-state index in [1.807, 2.05) is 18.0 Å². The lowest BCUT2D eigenvalue weighted by Crippen LogP contribution is -2.37. The summed E-state index contributed by atoms with van der Waals surface area (Å²) in [6.07, 6.45) is 5.53. The van der Waals surface area contributed by atoms with Crippen molar-refractivity contribution in [2.75, 3.05) is 11.4 Å². The zero-order chi connectivity index (χ0) is 17.7. The molecule has 1 aromatic rings. The van der Waals surface area contributed by atoms with Crippen LogP contribution >= 0.6 is 15.9 Å². The molecule has 1 aliphatic heterocycles.